The van der Waals surface area contributed by atoms with Crippen molar-refractivity contribution >= 4 is 5.97 Å². The molecule has 0 aromatic carbocycles. The molecule has 5 atom stereocenters. The van der Waals surface area contributed by atoms with Gasteiger partial charge in [0.05, 0.1) is 24.4 Å². The summed E-state index contributed by atoms with van der Waals surface area (Å²) < 4.78 is 5.10. The second-order valence-corrected chi connectivity index (χ2v) is 8.20. The van der Waals surface area contributed by atoms with Crippen LogP contribution in [0.3, 0.4) is 0 Å². The lowest BCUT2D eigenvalue weighted by atomic mass is 9.89. The largest absolute Gasteiger partial charge is 0.463 e. The van der Waals surface area contributed by atoms with Crippen LogP contribution in [-0.4, -0.2) is 45.7 Å². The van der Waals surface area contributed by atoms with Crippen LogP contribution in [0, 0.1) is 11.8 Å². The number of carbonyl (C=O) groups is 1. The highest BCUT2D eigenvalue weighted by Crippen LogP contribution is 2.36. The lowest BCUT2D eigenvalue weighted by Crippen LogP contribution is -2.20. The van der Waals surface area contributed by atoms with Crippen LogP contribution in [0.5, 0.6) is 0 Å². The van der Waals surface area contributed by atoms with Gasteiger partial charge in [-0.25, -0.2) is 0 Å². The fourth-order valence-electron chi connectivity index (χ4n) is 3.72. The molecule has 1 rings (SSSR count). The summed E-state index contributed by atoms with van der Waals surface area (Å²) in [6, 6.07) is 0. The van der Waals surface area contributed by atoms with E-state index in [-0.39, 0.29) is 23.9 Å². The molecule has 0 amide bonds. The van der Waals surface area contributed by atoms with Gasteiger partial charge in [-0.1, -0.05) is 50.5 Å². The summed E-state index contributed by atoms with van der Waals surface area (Å²) in [7, 11) is 0. The molecule has 0 aromatic heterocycles. The molecule has 0 heterocycles. The SMILES string of the molecule is CCCCC[C@H](O)/C=C\[C@@H]1[C@@H](C/C=C/CCCC(=O)OC(C)C)[C@@H](O)C[C@H]1O. The summed E-state index contributed by atoms with van der Waals surface area (Å²) in [5, 5.41) is 30.6. The van der Waals surface area contributed by atoms with Gasteiger partial charge in [0.25, 0.3) is 0 Å². The fourth-order valence-corrected chi connectivity index (χ4v) is 3.72. The van der Waals surface area contributed by atoms with E-state index in [1.807, 2.05) is 32.1 Å². The van der Waals surface area contributed by atoms with Gasteiger partial charge in [-0.2, -0.15) is 0 Å². The Morgan fingerprint density at radius 2 is 1.89 bits per heavy atom. The lowest BCUT2D eigenvalue weighted by Gasteiger charge is -2.19. The molecule has 1 aliphatic carbocycles. The number of hydrogen-bond acceptors (Lipinski definition) is 5. The van der Waals surface area contributed by atoms with E-state index in [2.05, 4.69) is 6.92 Å². The van der Waals surface area contributed by atoms with Crippen LogP contribution in [0.15, 0.2) is 24.3 Å². The molecule has 3 N–H and O–H groups in total. The van der Waals surface area contributed by atoms with E-state index in [1.54, 1.807) is 6.08 Å². The number of unbranched alkanes of at least 4 members (excludes halogenated alkanes) is 3. The molecule has 0 aromatic rings. The Hall–Kier alpha value is -1.17. The minimum atomic E-state index is -0.571. The van der Waals surface area contributed by atoms with Crippen LogP contribution in [0.1, 0.15) is 78.6 Å². The zero-order valence-electron chi connectivity index (χ0n) is 17.8. The van der Waals surface area contributed by atoms with E-state index >= 15 is 0 Å². The van der Waals surface area contributed by atoms with E-state index in [4.69, 9.17) is 4.74 Å². The Bertz CT molecular complexity index is 485. The number of rotatable bonds is 13. The molecular weight excluding hydrogens is 356 g/mol. The van der Waals surface area contributed by atoms with Crippen LogP contribution in [-0.2, 0) is 9.53 Å². The number of allylic oxidation sites excluding steroid dienone is 2. The Morgan fingerprint density at radius 1 is 1.14 bits per heavy atom. The van der Waals surface area contributed by atoms with E-state index in [1.165, 1.54) is 0 Å². The van der Waals surface area contributed by atoms with Gasteiger partial charge in [0.15, 0.2) is 0 Å². The third-order valence-corrected chi connectivity index (χ3v) is 5.27. The molecule has 0 radical (unpaired) electrons. The molecule has 1 saturated carbocycles. The molecule has 0 bridgehead atoms. The number of ether oxygens (including phenoxy) is 1. The van der Waals surface area contributed by atoms with Crippen molar-refractivity contribution in [3.05, 3.63) is 24.3 Å². The van der Waals surface area contributed by atoms with Gasteiger partial charge in [-0.3, -0.25) is 4.79 Å². The highest BCUT2D eigenvalue weighted by Gasteiger charge is 2.39. The standard InChI is InChI=1S/C23H40O5/c1-4-5-8-11-18(24)14-15-20-19(21(25)16-22(20)26)12-9-6-7-10-13-23(27)28-17(2)3/h6,9,14-15,17-22,24-26H,4-5,7-8,10-13,16H2,1-3H3/b9-6+,15-14-/t18-,19+,20+,21-,22+/m0/s1. The first-order chi connectivity index (χ1) is 13.3. The third kappa shape index (κ3) is 9.85. The number of aliphatic hydroxyl groups is 3. The van der Waals surface area contributed by atoms with Gasteiger partial charge in [0.2, 0.25) is 0 Å². The number of hydrogen-bond donors (Lipinski definition) is 3. The van der Waals surface area contributed by atoms with E-state index < -0.39 is 18.3 Å². The van der Waals surface area contributed by atoms with Crippen LogP contribution in [0.4, 0.5) is 0 Å². The third-order valence-electron chi connectivity index (χ3n) is 5.27. The molecule has 1 fully saturated rings. The smallest absolute Gasteiger partial charge is 0.306 e. The summed E-state index contributed by atoms with van der Waals surface area (Å²) in [4.78, 5) is 11.5. The monoisotopic (exact) mass is 396 g/mol. The van der Waals surface area contributed by atoms with E-state index in [0.717, 1.165) is 38.5 Å². The summed E-state index contributed by atoms with van der Waals surface area (Å²) in [6.45, 7) is 5.82. The van der Waals surface area contributed by atoms with Crippen LogP contribution in [0.25, 0.3) is 0 Å². The molecule has 5 heteroatoms. The minimum absolute atomic E-state index is 0.0451. The van der Waals surface area contributed by atoms with Gasteiger partial charge in [0, 0.05) is 18.8 Å². The van der Waals surface area contributed by atoms with Crippen LogP contribution < -0.4 is 0 Å². The molecule has 0 aliphatic heterocycles. The lowest BCUT2D eigenvalue weighted by molar-refractivity contribution is -0.147. The average molecular weight is 397 g/mol. The molecule has 0 unspecified atom stereocenters. The molecule has 0 saturated heterocycles. The van der Waals surface area contributed by atoms with Gasteiger partial charge in [0.1, 0.15) is 0 Å². The maximum absolute atomic E-state index is 11.5. The quantitative estimate of drug-likeness (QED) is 0.250. The Balaban J connectivity index is 2.41. The molecule has 1 aliphatic rings. The predicted octanol–water partition coefficient (Wildman–Crippen LogP) is 3.91. The van der Waals surface area contributed by atoms with Gasteiger partial charge < -0.3 is 20.1 Å². The van der Waals surface area contributed by atoms with Crippen LogP contribution >= 0.6 is 0 Å². The number of carbonyl (C=O) groups excluding carboxylic acids is 1. The van der Waals surface area contributed by atoms with Gasteiger partial charge >= 0.3 is 5.97 Å². The average Bonchev–Trinajstić information content (AvgIpc) is 2.88. The van der Waals surface area contributed by atoms with Crippen molar-refractivity contribution in [3.63, 3.8) is 0 Å². The Kier molecular flexibility index (Phi) is 12.4. The fraction of sp³-hybridized carbons (Fsp3) is 0.783. The number of aliphatic hydroxyl groups excluding tert-OH is 3. The van der Waals surface area contributed by atoms with Crippen molar-refractivity contribution < 1.29 is 24.9 Å². The molecule has 162 valence electrons. The zero-order chi connectivity index (χ0) is 20.9. The molecule has 0 spiro atoms. The normalized spacial score (nSPS) is 26.5. The summed E-state index contributed by atoms with van der Waals surface area (Å²) in [5.74, 6) is -0.349. The maximum atomic E-state index is 11.5. The van der Waals surface area contributed by atoms with Crippen molar-refractivity contribution in [1.82, 2.24) is 0 Å². The molecular formula is C23H40O5. The van der Waals surface area contributed by atoms with Crippen molar-refractivity contribution in [1.29, 1.82) is 0 Å². The predicted molar refractivity (Wildman–Crippen MR) is 112 cm³/mol. The second kappa shape index (κ2) is 13.9. The van der Waals surface area contributed by atoms with Crippen molar-refractivity contribution in [2.24, 2.45) is 11.8 Å². The Labute approximate surface area is 170 Å². The van der Waals surface area contributed by atoms with Gasteiger partial charge in [-0.15, -0.1) is 0 Å². The summed E-state index contributed by atoms with van der Waals surface area (Å²) in [6.07, 6.45) is 13.0. The minimum Gasteiger partial charge on any atom is -0.463 e. The van der Waals surface area contributed by atoms with Gasteiger partial charge in [-0.05, 0) is 45.4 Å². The highest BCUT2D eigenvalue weighted by molar-refractivity contribution is 5.69. The highest BCUT2D eigenvalue weighted by atomic mass is 16.5. The van der Waals surface area contributed by atoms with Crippen molar-refractivity contribution in [3.8, 4) is 0 Å². The molecule has 28 heavy (non-hydrogen) atoms. The molecule has 5 nitrogen and oxygen atoms in total. The summed E-state index contributed by atoms with van der Waals surface area (Å²) >= 11 is 0. The van der Waals surface area contributed by atoms with E-state index in [0.29, 0.717) is 19.3 Å². The topological polar surface area (TPSA) is 87.0 Å². The maximum Gasteiger partial charge on any atom is 0.306 e. The first-order valence-corrected chi connectivity index (χ1v) is 10.9. The summed E-state index contributed by atoms with van der Waals surface area (Å²) in [5.41, 5.74) is 0. The van der Waals surface area contributed by atoms with Crippen LogP contribution in [0.2, 0.25) is 0 Å². The second-order valence-electron chi connectivity index (χ2n) is 8.20. The zero-order valence-corrected chi connectivity index (χ0v) is 17.8. The van der Waals surface area contributed by atoms with E-state index in [9.17, 15) is 20.1 Å². The first kappa shape index (κ1) is 24.9. The van der Waals surface area contributed by atoms with Crippen molar-refractivity contribution in [2.45, 2.75) is 103 Å². The Morgan fingerprint density at radius 3 is 2.57 bits per heavy atom. The first-order valence-electron chi connectivity index (χ1n) is 10.9. The van der Waals surface area contributed by atoms with Crippen molar-refractivity contribution in [2.75, 3.05) is 0 Å². The number of esters is 1.